The van der Waals surface area contributed by atoms with Crippen LogP contribution in [0.1, 0.15) is 92.1 Å². The number of aliphatic imine (C=N–C) groups is 1. The van der Waals surface area contributed by atoms with E-state index in [2.05, 4.69) is 40.0 Å². The second kappa shape index (κ2) is 15.5. The number of hydrogen-bond acceptors (Lipinski definition) is 11. The number of carbonyl (C=O) groups excluding carboxylic acids is 6. The molecule has 5 heterocycles. The van der Waals surface area contributed by atoms with Gasteiger partial charge >= 0.3 is 0 Å². The summed E-state index contributed by atoms with van der Waals surface area (Å²) in [7, 11) is 0. The molecule has 17 heteroatoms. The van der Waals surface area contributed by atoms with E-state index in [4.69, 9.17) is 21.3 Å². The van der Waals surface area contributed by atoms with Crippen molar-refractivity contribution in [2.24, 2.45) is 4.99 Å². The molecule has 55 heavy (non-hydrogen) atoms. The molecule has 0 saturated carbocycles. The molecule has 7 rings (SSSR count). The molecule has 0 radical (unpaired) electrons. The van der Waals surface area contributed by atoms with Crippen LogP contribution in [0.5, 0.6) is 5.75 Å². The highest BCUT2D eigenvalue weighted by molar-refractivity contribution is 7.15. The first-order valence-corrected chi connectivity index (χ1v) is 19.0. The summed E-state index contributed by atoms with van der Waals surface area (Å²) in [6, 6.07) is 10.2. The van der Waals surface area contributed by atoms with Crippen LogP contribution in [0, 0.1) is 20.8 Å². The number of aryl methyl sites for hydroxylation is 2. The number of aromatic nitrogens is 3. The lowest BCUT2D eigenvalue weighted by Gasteiger charge is -2.27. The summed E-state index contributed by atoms with van der Waals surface area (Å²) in [6.45, 7) is 6.30. The van der Waals surface area contributed by atoms with Gasteiger partial charge in [-0.1, -0.05) is 29.8 Å². The zero-order chi connectivity index (χ0) is 39.0. The number of nitrogens with zero attached hydrogens (tertiary/aromatic N) is 5. The first kappa shape index (κ1) is 37.6. The fraction of sp³-hybridized carbons (Fsp3) is 0.342. The molecule has 1 fully saturated rings. The van der Waals surface area contributed by atoms with E-state index in [0.29, 0.717) is 42.6 Å². The van der Waals surface area contributed by atoms with E-state index in [9.17, 15) is 28.8 Å². The highest BCUT2D eigenvalue weighted by Crippen LogP contribution is 2.40. The molecule has 6 amide bonds. The number of unbranched alkanes of at least 4 members (excludes halogenated alkanes) is 1. The molecule has 0 bridgehead atoms. The van der Waals surface area contributed by atoms with Gasteiger partial charge in [-0.15, -0.1) is 21.5 Å². The van der Waals surface area contributed by atoms with Crippen LogP contribution in [-0.4, -0.2) is 86.6 Å². The zero-order valence-electron chi connectivity index (χ0n) is 30.2. The number of piperidine rings is 1. The van der Waals surface area contributed by atoms with Gasteiger partial charge in [0.05, 0.1) is 23.3 Å². The van der Waals surface area contributed by atoms with E-state index >= 15 is 0 Å². The minimum Gasteiger partial charge on any atom is -0.483 e. The number of thiophene rings is 1. The first-order chi connectivity index (χ1) is 26.4. The largest absolute Gasteiger partial charge is 0.483 e. The number of carbonyl (C=O) groups is 6. The van der Waals surface area contributed by atoms with Gasteiger partial charge in [0, 0.05) is 40.5 Å². The van der Waals surface area contributed by atoms with Gasteiger partial charge in [-0.3, -0.25) is 48.5 Å². The van der Waals surface area contributed by atoms with Crippen LogP contribution >= 0.6 is 22.9 Å². The minimum absolute atomic E-state index is 0.00279. The Morgan fingerprint density at radius 1 is 0.945 bits per heavy atom. The minimum atomic E-state index is -1.11. The maximum atomic E-state index is 13.3. The molecule has 4 aromatic rings. The molecule has 3 aliphatic rings. The molecule has 2 unspecified atom stereocenters. The first-order valence-electron chi connectivity index (χ1n) is 17.8. The van der Waals surface area contributed by atoms with Crippen molar-refractivity contribution in [1.29, 1.82) is 0 Å². The van der Waals surface area contributed by atoms with Gasteiger partial charge in [0.2, 0.25) is 17.7 Å². The van der Waals surface area contributed by atoms with Crippen molar-refractivity contribution in [1.82, 2.24) is 35.6 Å². The van der Waals surface area contributed by atoms with Gasteiger partial charge in [-0.05, 0) is 69.9 Å². The van der Waals surface area contributed by atoms with Crippen LogP contribution < -0.4 is 20.7 Å². The van der Waals surface area contributed by atoms with E-state index < -0.39 is 48.2 Å². The van der Waals surface area contributed by atoms with Gasteiger partial charge in [0.15, 0.2) is 12.4 Å². The molecular formula is C38H37ClN8O7S. The second-order valence-electron chi connectivity index (χ2n) is 13.4. The van der Waals surface area contributed by atoms with Gasteiger partial charge < -0.3 is 15.4 Å². The lowest BCUT2D eigenvalue weighted by molar-refractivity contribution is -0.136. The van der Waals surface area contributed by atoms with E-state index in [1.54, 1.807) is 11.3 Å². The van der Waals surface area contributed by atoms with E-state index in [0.717, 1.165) is 37.2 Å². The van der Waals surface area contributed by atoms with Crippen LogP contribution in [0.3, 0.4) is 0 Å². The van der Waals surface area contributed by atoms with Crippen molar-refractivity contribution in [3.8, 4) is 10.8 Å². The normalized spacial score (nSPS) is 17.5. The molecule has 2 aromatic carbocycles. The molecule has 0 spiro atoms. The van der Waals surface area contributed by atoms with Crippen molar-refractivity contribution in [2.75, 3.05) is 19.7 Å². The van der Waals surface area contributed by atoms with E-state index in [-0.39, 0.29) is 42.0 Å². The van der Waals surface area contributed by atoms with Crippen molar-refractivity contribution in [2.45, 2.75) is 65.0 Å². The number of rotatable bonds is 12. The Kier molecular flexibility index (Phi) is 10.6. The number of fused-ring (bicyclic) bond motifs is 4. The number of amides is 6. The Morgan fingerprint density at radius 3 is 2.40 bits per heavy atom. The molecule has 1 saturated heterocycles. The summed E-state index contributed by atoms with van der Waals surface area (Å²) in [5, 5.41) is 18.2. The number of hydrogen-bond donors (Lipinski definition) is 3. The average Bonchev–Trinajstić information content (AvgIpc) is 3.73. The molecule has 284 valence electrons. The number of imide groups is 2. The molecule has 3 N–H and O–H groups in total. The maximum Gasteiger partial charge on any atom is 0.266 e. The monoisotopic (exact) mass is 784 g/mol. The summed E-state index contributed by atoms with van der Waals surface area (Å²) in [4.78, 5) is 83.3. The number of halogens is 1. The molecular weight excluding hydrogens is 748 g/mol. The summed E-state index contributed by atoms with van der Waals surface area (Å²) in [5.41, 5.74) is 3.76. The fourth-order valence-electron chi connectivity index (χ4n) is 6.88. The van der Waals surface area contributed by atoms with Gasteiger partial charge in [-0.2, -0.15) is 0 Å². The maximum absolute atomic E-state index is 13.3. The van der Waals surface area contributed by atoms with Crippen molar-refractivity contribution in [3.63, 3.8) is 0 Å². The Morgan fingerprint density at radius 2 is 1.67 bits per heavy atom. The predicted molar refractivity (Wildman–Crippen MR) is 202 cm³/mol. The molecule has 3 aliphatic heterocycles. The Balaban J connectivity index is 0.906. The lowest BCUT2D eigenvalue weighted by atomic mass is 9.99. The standard InChI is InChI=1S/C38H37ClN8O7S/c1-19-20(2)55-38-31(19)33(22-9-11-23(39)12-10-22)42-25(34-45-44-21(3)46(34)38)17-29(49)40-15-4-5-16-41-30(50)18-54-27-8-6-7-24-32(27)37(53)47(36(24)52)26-13-14-28(48)43-35(26)51/h6-12,25-26H,4-5,13-18H2,1-3H3,(H,40,49)(H,41,50)(H,43,48,51). The van der Waals surface area contributed by atoms with Crippen LogP contribution in [-0.2, 0) is 19.2 Å². The van der Waals surface area contributed by atoms with Gasteiger partial charge in [0.25, 0.3) is 17.7 Å². The predicted octanol–water partition coefficient (Wildman–Crippen LogP) is 3.68. The van der Waals surface area contributed by atoms with Gasteiger partial charge in [-0.25, -0.2) is 0 Å². The van der Waals surface area contributed by atoms with Gasteiger partial charge in [0.1, 0.15) is 28.7 Å². The highest BCUT2D eigenvalue weighted by Gasteiger charge is 2.46. The van der Waals surface area contributed by atoms with Crippen molar-refractivity contribution >= 4 is 64.1 Å². The number of benzene rings is 2. The fourth-order valence-corrected chi connectivity index (χ4v) is 8.22. The van der Waals surface area contributed by atoms with E-state index in [1.165, 1.54) is 18.2 Å². The number of ether oxygens (including phenoxy) is 1. The summed E-state index contributed by atoms with van der Waals surface area (Å²) >= 11 is 7.84. The molecule has 15 nitrogen and oxygen atoms in total. The molecule has 2 aromatic heterocycles. The van der Waals surface area contributed by atoms with Crippen LogP contribution in [0.2, 0.25) is 5.02 Å². The summed E-state index contributed by atoms with van der Waals surface area (Å²) < 4.78 is 7.64. The Labute approximate surface area is 324 Å². The highest BCUT2D eigenvalue weighted by atomic mass is 35.5. The van der Waals surface area contributed by atoms with Crippen molar-refractivity contribution in [3.05, 3.63) is 91.8 Å². The Bertz CT molecular complexity index is 2280. The molecule has 0 aliphatic carbocycles. The van der Waals surface area contributed by atoms with E-state index in [1.807, 2.05) is 35.8 Å². The Hall–Kier alpha value is -5.74. The SMILES string of the molecule is Cc1sc2c(c1C)C(c1ccc(Cl)cc1)=NC(CC(=O)NCCCCNC(=O)COc1cccc3c1C(=O)N(C1CCC(=O)NC1=O)C3=O)c1nnc(C)n1-2. The summed E-state index contributed by atoms with van der Waals surface area (Å²) in [6.07, 6.45) is 1.23. The van der Waals surface area contributed by atoms with Crippen LogP contribution in [0.4, 0.5) is 0 Å². The third-order valence-corrected chi connectivity index (χ3v) is 11.2. The lowest BCUT2D eigenvalue weighted by Crippen LogP contribution is -2.54. The third-order valence-electron chi connectivity index (χ3n) is 9.77. The van der Waals surface area contributed by atoms with Crippen LogP contribution in [0.15, 0.2) is 47.5 Å². The average molecular weight is 785 g/mol. The second-order valence-corrected chi connectivity index (χ2v) is 15.1. The number of nitrogens with one attached hydrogen (secondary N) is 3. The topological polar surface area (TPSA) is 194 Å². The van der Waals surface area contributed by atoms with Crippen LogP contribution in [0.25, 0.3) is 5.00 Å². The smallest absolute Gasteiger partial charge is 0.266 e. The summed E-state index contributed by atoms with van der Waals surface area (Å²) in [5.74, 6) is -1.88. The molecule has 2 atom stereocenters. The van der Waals surface area contributed by atoms with Crippen molar-refractivity contribution < 1.29 is 33.5 Å². The quantitative estimate of drug-likeness (QED) is 0.142. The third kappa shape index (κ3) is 7.38. The zero-order valence-corrected chi connectivity index (χ0v) is 31.8.